The van der Waals surface area contributed by atoms with Gasteiger partial charge in [0.15, 0.2) is 11.5 Å². The van der Waals surface area contributed by atoms with Crippen LogP contribution in [0.2, 0.25) is 0 Å². The Hall–Kier alpha value is -3.46. The van der Waals surface area contributed by atoms with Gasteiger partial charge in [-0.1, -0.05) is 15.9 Å². The van der Waals surface area contributed by atoms with Gasteiger partial charge in [0.05, 0.1) is 26.1 Å². The van der Waals surface area contributed by atoms with Gasteiger partial charge < -0.3 is 14.0 Å². The summed E-state index contributed by atoms with van der Waals surface area (Å²) in [4.78, 5) is 28.8. The highest BCUT2D eigenvalue weighted by Gasteiger charge is 2.30. The number of rotatable bonds is 5. The zero-order valence-corrected chi connectivity index (χ0v) is 20.1. The molecule has 3 heterocycles. The number of hydrogen-bond acceptors (Lipinski definition) is 6. The van der Waals surface area contributed by atoms with Gasteiger partial charge in [-0.3, -0.25) is 9.69 Å². The van der Waals surface area contributed by atoms with E-state index in [1.807, 2.05) is 35.9 Å². The first-order chi connectivity index (χ1) is 16.0. The molecular weight excluding hydrogens is 486 g/mol. The van der Waals surface area contributed by atoms with Crippen molar-refractivity contribution in [3.8, 4) is 11.5 Å². The predicted octanol–water partition coefficient (Wildman–Crippen LogP) is 4.17. The fourth-order valence-electron chi connectivity index (χ4n) is 4.25. The maximum atomic E-state index is 13.7. The van der Waals surface area contributed by atoms with Crippen molar-refractivity contribution in [2.45, 2.75) is 19.9 Å². The SMILES string of the molecule is COc1cc2nc(C)nc(N3CCc4c(Br)cc(Cn5ccnc5)cc4C3=O)c2cc1OC. The van der Waals surface area contributed by atoms with Crippen LogP contribution in [0.3, 0.4) is 0 Å². The molecule has 0 saturated carbocycles. The van der Waals surface area contributed by atoms with Crippen LogP contribution in [0.25, 0.3) is 10.9 Å². The van der Waals surface area contributed by atoms with Gasteiger partial charge in [0.1, 0.15) is 11.6 Å². The Labute approximate surface area is 199 Å². The van der Waals surface area contributed by atoms with Crippen LogP contribution in [0.15, 0.2) is 47.5 Å². The lowest BCUT2D eigenvalue weighted by molar-refractivity contribution is 0.0980. The number of carbonyl (C=O) groups excluding carboxylic acids is 1. The lowest BCUT2D eigenvalue weighted by Gasteiger charge is -2.30. The molecule has 0 radical (unpaired) electrons. The normalized spacial score (nSPS) is 13.3. The van der Waals surface area contributed by atoms with E-state index in [-0.39, 0.29) is 5.91 Å². The summed E-state index contributed by atoms with van der Waals surface area (Å²) >= 11 is 3.68. The zero-order chi connectivity index (χ0) is 23.1. The lowest BCUT2D eigenvalue weighted by atomic mass is 9.96. The van der Waals surface area contributed by atoms with Crippen LogP contribution in [-0.2, 0) is 13.0 Å². The first-order valence-corrected chi connectivity index (χ1v) is 11.3. The smallest absolute Gasteiger partial charge is 0.259 e. The van der Waals surface area contributed by atoms with Crippen molar-refractivity contribution in [3.05, 3.63) is 70.0 Å². The van der Waals surface area contributed by atoms with Crippen LogP contribution < -0.4 is 14.4 Å². The van der Waals surface area contributed by atoms with Gasteiger partial charge in [-0.05, 0) is 42.7 Å². The van der Waals surface area contributed by atoms with Crippen LogP contribution in [-0.4, -0.2) is 46.2 Å². The average Bonchev–Trinajstić information content (AvgIpc) is 3.31. The fraction of sp³-hybridized carbons (Fsp3) is 0.250. The third-order valence-corrected chi connectivity index (χ3v) is 6.50. The van der Waals surface area contributed by atoms with E-state index in [9.17, 15) is 4.79 Å². The molecule has 9 heteroatoms. The third-order valence-electron chi connectivity index (χ3n) is 5.79. The first-order valence-electron chi connectivity index (χ1n) is 10.5. The maximum absolute atomic E-state index is 13.7. The molecular formula is C24H22BrN5O3. The van der Waals surface area contributed by atoms with Gasteiger partial charge in [0.2, 0.25) is 0 Å². The molecule has 2 aromatic carbocycles. The molecule has 0 N–H and O–H groups in total. The Balaban J connectivity index is 1.60. The average molecular weight is 508 g/mol. The molecule has 1 aliphatic rings. The second kappa shape index (κ2) is 8.47. The first kappa shape index (κ1) is 21.4. The van der Waals surface area contributed by atoms with Crippen LogP contribution in [0, 0.1) is 6.92 Å². The molecule has 2 aromatic heterocycles. The summed E-state index contributed by atoms with van der Waals surface area (Å²) in [6.07, 6.45) is 6.12. The van der Waals surface area contributed by atoms with Crippen molar-refractivity contribution >= 4 is 38.6 Å². The summed E-state index contributed by atoms with van der Waals surface area (Å²) in [5, 5.41) is 0.740. The molecule has 0 saturated heterocycles. The second-order valence-corrected chi connectivity index (χ2v) is 8.72. The number of methoxy groups -OCH3 is 2. The Morgan fingerprint density at radius 3 is 2.61 bits per heavy atom. The molecule has 0 fully saturated rings. The minimum atomic E-state index is -0.0846. The Bertz CT molecular complexity index is 1370. The number of aromatic nitrogens is 4. The Morgan fingerprint density at radius 1 is 1.09 bits per heavy atom. The molecule has 0 spiro atoms. The molecule has 1 amide bonds. The number of benzene rings is 2. The number of amides is 1. The predicted molar refractivity (Wildman–Crippen MR) is 128 cm³/mol. The van der Waals surface area contributed by atoms with Crippen LogP contribution in [0.1, 0.15) is 27.3 Å². The van der Waals surface area contributed by atoms with Crippen LogP contribution >= 0.6 is 15.9 Å². The number of carbonyl (C=O) groups is 1. The number of imidazole rings is 1. The molecule has 168 valence electrons. The van der Waals surface area contributed by atoms with Crippen LogP contribution in [0.5, 0.6) is 11.5 Å². The van der Waals surface area contributed by atoms with Gasteiger partial charge >= 0.3 is 0 Å². The van der Waals surface area contributed by atoms with E-state index in [1.54, 1.807) is 31.6 Å². The van der Waals surface area contributed by atoms with E-state index in [2.05, 4.69) is 36.9 Å². The Kier molecular flexibility index (Phi) is 5.49. The second-order valence-electron chi connectivity index (χ2n) is 7.86. The van der Waals surface area contributed by atoms with Gasteiger partial charge in [-0.2, -0.15) is 0 Å². The van der Waals surface area contributed by atoms with E-state index < -0.39 is 0 Å². The standard InChI is InChI=1S/C24H22BrN5O3/c1-14-27-20-11-22(33-3)21(32-2)10-18(20)23(28-14)30-6-4-16-17(24(30)31)8-15(9-19(16)25)12-29-7-5-26-13-29/h5,7-11,13H,4,6,12H2,1-3H3. The molecule has 0 bridgehead atoms. The third kappa shape index (κ3) is 3.82. The van der Waals surface area contributed by atoms with Crippen LogP contribution in [0.4, 0.5) is 5.82 Å². The van der Waals surface area contributed by atoms with E-state index in [4.69, 9.17) is 9.47 Å². The van der Waals surface area contributed by atoms with Crippen molar-refractivity contribution in [3.63, 3.8) is 0 Å². The number of ether oxygens (including phenoxy) is 2. The minimum absolute atomic E-state index is 0.0846. The number of nitrogens with zero attached hydrogens (tertiary/aromatic N) is 5. The van der Waals surface area contributed by atoms with Gasteiger partial charge in [0.25, 0.3) is 5.91 Å². The van der Waals surface area contributed by atoms with Crippen molar-refractivity contribution in [1.29, 1.82) is 0 Å². The summed E-state index contributed by atoms with van der Waals surface area (Å²) in [6, 6.07) is 7.68. The summed E-state index contributed by atoms with van der Waals surface area (Å²) in [7, 11) is 3.17. The molecule has 0 atom stereocenters. The fourth-order valence-corrected chi connectivity index (χ4v) is 4.96. The monoisotopic (exact) mass is 507 g/mol. The summed E-state index contributed by atoms with van der Waals surface area (Å²) < 4.78 is 13.8. The molecule has 5 rings (SSSR count). The van der Waals surface area contributed by atoms with E-state index in [0.717, 1.165) is 21.0 Å². The number of anilines is 1. The molecule has 8 nitrogen and oxygen atoms in total. The van der Waals surface area contributed by atoms with Gasteiger partial charge in [-0.25, -0.2) is 15.0 Å². The Morgan fingerprint density at radius 2 is 1.88 bits per heavy atom. The highest BCUT2D eigenvalue weighted by Crippen LogP contribution is 2.37. The molecule has 1 aliphatic heterocycles. The lowest BCUT2D eigenvalue weighted by Crippen LogP contribution is -2.38. The van der Waals surface area contributed by atoms with E-state index in [1.165, 1.54) is 0 Å². The van der Waals surface area contributed by atoms with Crippen molar-refractivity contribution in [2.24, 2.45) is 0 Å². The van der Waals surface area contributed by atoms with Gasteiger partial charge in [0, 0.05) is 47.0 Å². The van der Waals surface area contributed by atoms with Gasteiger partial charge in [-0.15, -0.1) is 0 Å². The molecule has 33 heavy (non-hydrogen) atoms. The van der Waals surface area contributed by atoms with Crippen molar-refractivity contribution in [2.75, 3.05) is 25.7 Å². The minimum Gasteiger partial charge on any atom is -0.493 e. The number of halogens is 1. The molecule has 0 aliphatic carbocycles. The quantitative estimate of drug-likeness (QED) is 0.403. The number of aryl methyl sites for hydroxylation is 1. The van der Waals surface area contributed by atoms with Crippen molar-refractivity contribution < 1.29 is 14.3 Å². The largest absolute Gasteiger partial charge is 0.493 e. The molecule has 4 aromatic rings. The van der Waals surface area contributed by atoms with Crippen molar-refractivity contribution in [1.82, 2.24) is 19.5 Å². The van der Waals surface area contributed by atoms with E-state index >= 15 is 0 Å². The topological polar surface area (TPSA) is 82.4 Å². The number of fused-ring (bicyclic) bond motifs is 2. The maximum Gasteiger partial charge on any atom is 0.259 e. The van der Waals surface area contributed by atoms with E-state index in [0.29, 0.717) is 53.7 Å². The zero-order valence-electron chi connectivity index (χ0n) is 18.5. The summed E-state index contributed by atoms with van der Waals surface area (Å²) in [6.45, 7) is 2.97. The summed E-state index contributed by atoms with van der Waals surface area (Å²) in [5.74, 6) is 2.22. The summed E-state index contributed by atoms with van der Waals surface area (Å²) in [5.41, 5.74) is 3.41. The number of hydrogen-bond donors (Lipinski definition) is 0. The molecule has 0 unspecified atom stereocenters. The highest BCUT2D eigenvalue weighted by atomic mass is 79.9. The highest BCUT2D eigenvalue weighted by molar-refractivity contribution is 9.10.